The van der Waals surface area contributed by atoms with E-state index in [0.717, 1.165) is 5.92 Å². The van der Waals surface area contributed by atoms with Crippen molar-refractivity contribution in [2.24, 2.45) is 5.92 Å². The van der Waals surface area contributed by atoms with E-state index in [1.54, 1.807) is 0 Å². The van der Waals surface area contributed by atoms with Crippen molar-refractivity contribution >= 4 is 0 Å². The van der Waals surface area contributed by atoms with E-state index in [4.69, 9.17) is 0 Å². The molecule has 0 heterocycles. The summed E-state index contributed by atoms with van der Waals surface area (Å²) in [6.07, 6.45) is 5.94. The smallest absolute Gasteiger partial charge is 1.00 e. The van der Waals surface area contributed by atoms with Crippen LogP contribution in [0.25, 0.3) is 0 Å². The first kappa shape index (κ1) is 17.3. The molecular weight excluding hydrogens is 246 g/mol. The quantitative estimate of drug-likeness (QED) is 0.390. The molecule has 0 bridgehead atoms. The number of halogens is 2. The van der Waals surface area contributed by atoms with Crippen LogP contribution in [0, 0.1) is 12.0 Å². The van der Waals surface area contributed by atoms with E-state index in [9.17, 15) is 0 Å². The molecule has 0 aliphatic heterocycles. The van der Waals surface area contributed by atoms with Crippen LogP contribution in [0.3, 0.4) is 0 Å². The average molecular weight is 257 g/mol. The molecule has 0 aromatic rings. The first-order valence-electron chi connectivity index (χ1n) is 2.88. The van der Waals surface area contributed by atoms with Crippen molar-refractivity contribution in [1.29, 1.82) is 0 Å². The summed E-state index contributed by atoms with van der Waals surface area (Å²) in [4.78, 5) is 0. The summed E-state index contributed by atoms with van der Waals surface area (Å²) in [5.74, 6) is 0.736. The molecule has 0 aromatic heterocycles. The van der Waals surface area contributed by atoms with Gasteiger partial charge in [0.05, 0.1) is 0 Å². The van der Waals surface area contributed by atoms with E-state index in [1.807, 2.05) is 0 Å². The van der Waals surface area contributed by atoms with Crippen LogP contribution < -0.4 is 24.8 Å². The maximum Gasteiger partial charge on any atom is 3.00 e. The summed E-state index contributed by atoms with van der Waals surface area (Å²) in [5.41, 5.74) is 1.45. The van der Waals surface area contributed by atoms with Gasteiger partial charge in [-0.3, -0.25) is 5.57 Å². The minimum absolute atomic E-state index is 0. The van der Waals surface area contributed by atoms with Crippen molar-refractivity contribution in [1.82, 2.24) is 0 Å². The Morgan fingerprint density at radius 1 is 1.40 bits per heavy atom. The minimum atomic E-state index is 0. The molecule has 0 fully saturated rings. The van der Waals surface area contributed by atoms with E-state index in [0.29, 0.717) is 0 Å². The molecule has 1 atom stereocenters. The maximum atomic E-state index is 3.33. The second kappa shape index (κ2) is 8.30. The normalized spacial score (nSPS) is 21.4. The molecule has 0 aromatic carbocycles. The first-order valence-corrected chi connectivity index (χ1v) is 2.88. The van der Waals surface area contributed by atoms with Crippen LogP contribution in [0.15, 0.2) is 5.57 Å². The standard InChI is InChI=1S/C7H11.2ClH.Zr/c1-6-3-4-7(2)5-6;;;/h6H,3-4H2,1-2H3;2*1H;/q-1;;;+3/p-2. The molecule has 10 heavy (non-hydrogen) atoms. The molecule has 3 heteroatoms. The molecule has 0 spiro atoms. The van der Waals surface area contributed by atoms with Crippen LogP contribution >= 0.6 is 0 Å². The summed E-state index contributed by atoms with van der Waals surface area (Å²) in [6.45, 7) is 4.38. The monoisotopic (exact) mass is 255 g/mol. The Hall–Kier alpha value is 1.20. The van der Waals surface area contributed by atoms with Gasteiger partial charge in [-0.25, -0.2) is 0 Å². The zero-order valence-corrected chi connectivity index (χ0v) is 10.2. The molecule has 0 N–H and O–H groups in total. The third-order valence-corrected chi connectivity index (χ3v) is 1.45. The third kappa shape index (κ3) is 5.95. The summed E-state index contributed by atoms with van der Waals surface area (Å²) in [7, 11) is 0. The molecule has 0 saturated carbocycles. The van der Waals surface area contributed by atoms with Crippen LogP contribution in [0.2, 0.25) is 0 Å². The van der Waals surface area contributed by atoms with Crippen molar-refractivity contribution in [3.05, 3.63) is 11.6 Å². The van der Waals surface area contributed by atoms with Crippen LogP contribution in [-0.4, -0.2) is 0 Å². The van der Waals surface area contributed by atoms with Gasteiger partial charge in [0, 0.05) is 0 Å². The second-order valence-corrected chi connectivity index (χ2v) is 2.36. The minimum Gasteiger partial charge on any atom is -1.00 e. The van der Waals surface area contributed by atoms with Crippen LogP contribution in [0.5, 0.6) is 0 Å². The van der Waals surface area contributed by atoms with E-state index in [2.05, 4.69) is 19.9 Å². The van der Waals surface area contributed by atoms with Gasteiger partial charge in [-0.15, -0.1) is 0 Å². The Labute approximate surface area is 94.8 Å². The fraction of sp³-hybridized carbons (Fsp3) is 0.714. The van der Waals surface area contributed by atoms with Gasteiger partial charge in [0.2, 0.25) is 0 Å². The van der Waals surface area contributed by atoms with Crippen LogP contribution in [0.4, 0.5) is 0 Å². The summed E-state index contributed by atoms with van der Waals surface area (Å²) >= 11 is 0. The van der Waals surface area contributed by atoms with Gasteiger partial charge in [-0.2, -0.15) is 5.92 Å². The molecule has 0 nitrogen and oxygen atoms in total. The van der Waals surface area contributed by atoms with E-state index in [-0.39, 0.29) is 51.0 Å². The fourth-order valence-electron chi connectivity index (χ4n) is 0.998. The molecule has 1 rings (SSSR count). The van der Waals surface area contributed by atoms with Crippen molar-refractivity contribution < 1.29 is 51.0 Å². The molecule has 1 radical (unpaired) electrons. The van der Waals surface area contributed by atoms with Crippen LogP contribution in [0.1, 0.15) is 26.7 Å². The largest absolute Gasteiger partial charge is 3.00 e. The van der Waals surface area contributed by atoms with E-state index < -0.39 is 0 Å². The molecule has 0 saturated heterocycles. The van der Waals surface area contributed by atoms with Crippen molar-refractivity contribution in [2.45, 2.75) is 26.7 Å². The summed E-state index contributed by atoms with van der Waals surface area (Å²) in [6, 6.07) is 0. The number of hydrogen-bond donors (Lipinski definition) is 0. The zero-order valence-electron chi connectivity index (χ0n) is 6.25. The van der Waals surface area contributed by atoms with Crippen LogP contribution in [-0.2, 0) is 26.2 Å². The topological polar surface area (TPSA) is 0 Å². The Balaban J connectivity index is -0.000000163. The van der Waals surface area contributed by atoms with Gasteiger partial charge in [-0.1, -0.05) is 26.7 Å². The molecule has 0 amide bonds. The molecular formula is C7H11Cl2Zr. The Bertz CT molecular complexity index is 102. The fourth-order valence-corrected chi connectivity index (χ4v) is 0.998. The first-order chi connectivity index (χ1) is 3.29. The van der Waals surface area contributed by atoms with E-state index in [1.165, 1.54) is 18.4 Å². The van der Waals surface area contributed by atoms with Gasteiger partial charge in [-0.05, 0) is 0 Å². The Kier molecular flexibility index (Phi) is 14.4. The van der Waals surface area contributed by atoms with Crippen molar-refractivity contribution in [3.8, 4) is 0 Å². The molecule has 1 unspecified atom stereocenters. The zero-order chi connectivity index (χ0) is 5.28. The Morgan fingerprint density at radius 3 is 2.00 bits per heavy atom. The number of allylic oxidation sites excluding steroid dienone is 2. The van der Waals surface area contributed by atoms with Gasteiger partial charge in [0.25, 0.3) is 0 Å². The molecule has 1 aliphatic rings. The predicted octanol–water partition coefficient (Wildman–Crippen LogP) is -3.83. The molecule has 1 aliphatic carbocycles. The summed E-state index contributed by atoms with van der Waals surface area (Å²) in [5, 5.41) is 0. The average Bonchev–Trinajstić information content (AvgIpc) is 1.87. The predicted molar refractivity (Wildman–Crippen MR) is 30.8 cm³/mol. The van der Waals surface area contributed by atoms with Gasteiger partial charge in [0.1, 0.15) is 0 Å². The number of rotatable bonds is 0. The number of hydrogen-bond acceptors (Lipinski definition) is 0. The van der Waals surface area contributed by atoms with Crippen molar-refractivity contribution in [3.63, 3.8) is 0 Å². The SMILES string of the molecule is CC1=[C-]C(C)CC1.[Cl-].[Cl-].[Zr+3]. The second-order valence-electron chi connectivity index (χ2n) is 2.36. The third-order valence-electron chi connectivity index (χ3n) is 1.45. The maximum absolute atomic E-state index is 3.33. The van der Waals surface area contributed by atoms with Gasteiger partial charge in [0.15, 0.2) is 0 Å². The van der Waals surface area contributed by atoms with Gasteiger partial charge >= 0.3 is 26.2 Å². The summed E-state index contributed by atoms with van der Waals surface area (Å²) < 4.78 is 0. The van der Waals surface area contributed by atoms with Gasteiger partial charge < -0.3 is 30.9 Å². The molecule has 57 valence electrons. The Morgan fingerprint density at radius 2 is 1.90 bits per heavy atom. The van der Waals surface area contributed by atoms with Crippen molar-refractivity contribution in [2.75, 3.05) is 0 Å². The van der Waals surface area contributed by atoms with E-state index >= 15 is 0 Å².